The van der Waals surface area contributed by atoms with Crippen molar-refractivity contribution in [1.29, 1.82) is 0 Å². The molecule has 11 nitrogen and oxygen atoms in total. The number of allylic oxidation sites excluding steroid dienone is 1. The van der Waals surface area contributed by atoms with Crippen molar-refractivity contribution in [3.63, 3.8) is 0 Å². The zero-order chi connectivity index (χ0) is 30.7. The highest BCUT2D eigenvalue weighted by Crippen LogP contribution is 2.59. The number of hydrogen-bond acceptors (Lipinski definition) is 8. The van der Waals surface area contributed by atoms with Gasteiger partial charge in [0, 0.05) is 38.3 Å². The lowest BCUT2D eigenvalue weighted by Crippen LogP contribution is -2.60. The number of nitrogens with one attached hydrogen (secondary N) is 2. The summed E-state index contributed by atoms with van der Waals surface area (Å²) in [7, 11) is 1.67. The van der Waals surface area contributed by atoms with E-state index in [1.165, 1.54) is 10.5 Å². The Morgan fingerprint density at radius 1 is 1.14 bits per heavy atom. The fourth-order valence-corrected chi connectivity index (χ4v) is 6.75. The molecule has 3 amide bonds. The normalized spacial score (nSPS) is 33.3. The van der Waals surface area contributed by atoms with E-state index in [0.717, 1.165) is 19.3 Å². The van der Waals surface area contributed by atoms with Crippen LogP contribution in [0.25, 0.3) is 0 Å². The topological polar surface area (TPSA) is 139 Å². The molecule has 4 aliphatic rings. The van der Waals surface area contributed by atoms with E-state index in [1.54, 1.807) is 7.11 Å². The summed E-state index contributed by atoms with van der Waals surface area (Å²) in [4.78, 5) is 51.6. The molecule has 236 valence electrons. The lowest BCUT2D eigenvalue weighted by Gasteiger charge is -2.43. The largest absolute Gasteiger partial charge is 0.462 e. The van der Waals surface area contributed by atoms with Gasteiger partial charge in [0.25, 0.3) is 0 Å². The molecule has 1 aliphatic carbocycles. The number of urea groups is 1. The molecule has 0 radical (unpaired) electrons. The molecule has 7 atom stereocenters. The molecule has 1 unspecified atom stereocenters. The van der Waals surface area contributed by atoms with Crippen LogP contribution in [0.4, 0.5) is 4.79 Å². The Kier molecular flexibility index (Phi) is 10.4. The Morgan fingerprint density at radius 2 is 1.88 bits per heavy atom. The van der Waals surface area contributed by atoms with E-state index in [-0.39, 0.29) is 85.0 Å². The number of likely N-dealkylation sites (tertiary alicyclic amines) is 1. The summed E-state index contributed by atoms with van der Waals surface area (Å²) in [6, 6.07) is -1.23. The lowest BCUT2D eigenvalue weighted by molar-refractivity contribution is -0.153. The first kappa shape index (κ1) is 32.4. The van der Waals surface area contributed by atoms with Crippen molar-refractivity contribution in [3.8, 4) is 0 Å². The number of hydrogen-bond donors (Lipinski definition) is 2. The third-order valence-electron chi connectivity index (χ3n) is 9.32. The van der Waals surface area contributed by atoms with E-state index in [9.17, 15) is 19.2 Å². The third-order valence-corrected chi connectivity index (χ3v) is 9.32. The summed E-state index contributed by atoms with van der Waals surface area (Å²) in [5.41, 5.74) is 0.605. The number of ether oxygens (including phenoxy) is 4. The maximum absolute atomic E-state index is 12.8. The molecule has 42 heavy (non-hydrogen) atoms. The molecule has 0 aromatic rings. The molecule has 1 spiro atoms. The van der Waals surface area contributed by atoms with Crippen LogP contribution in [0.1, 0.15) is 79.6 Å². The molecule has 4 fully saturated rings. The predicted octanol–water partition coefficient (Wildman–Crippen LogP) is 2.90. The number of carbonyl (C=O) groups excluding carboxylic acids is 4. The molecule has 2 N–H and O–H groups in total. The minimum Gasteiger partial charge on any atom is -0.462 e. The van der Waals surface area contributed by atoms with Crippen LogP contribution in [0.2, 0.25) is 0 Å². The monoisotopic (exact) mass is 591 g/mol. The second-order valence-electron chi connectivity index (χ2n) is 12.9. The third kappa shape index (κ3) is 7.34. The van der Waals surface area contributed by atoms with Crippen LogP contribution < -0.4 is 10.6 Å². The minimum atomic E-state index is -0.648. The molecule has 0 aromatic carbocycles. The highest BCUT2D eigenvalue weighted by Gasteiger charge is 2.71. The van der Waals surface area contributed by atoms with Crippen LogP contribution in [0.5, 0.6) is 0 Å². The van der Waals surface area contributed by atoms with Gasteiger partial charge >= 0.3 is 12.0 Å². The molecule has 4 rings (SSSR count). The van der Waals surface area contributed by atoms with E-state index in [4.69, 9.17) is 18.9 Å². The van der Waals surface area contributed by atoms with Gasteiger partial charge in [-0.1, -0.05) is 25.5 Å². The lowest BCUT2D eigenvalue weighted by atomic mass is 9.67. The number of nitrogens with zero attached hydrogens (tertiary/aromatic N) is 1. The number of amides is 3. The highest BCUT2D eigenvalue weighted by molar-refractivity contribution is 5.89. The Bertz CT molecular complexity index is 1050. The van der Waals surface area contributed by atoms with Crippen molar-refractivity contribution < 1.29 is 38.1 Å². The zero-order valence-electron chi connectivity index (χ0n) is 26.0. The number of ketones is 1. The van der Waals surface area contributed by atoms with Crippen molar-refractivity contribution in [2.45, 2.75) is 115 Å². The van der Waals surface area contributed by atoms with Gasteiger partial charge in [-0.2, -0.15) is 0 Å². The number of carbonyl (C=O) groups is 4. The molecular weight excluding hydrogens is 542 g/mol. The number of rotatable bonds is 13. The Hall–Kier alpha value is -2.50. The fourth-order valence-electron chi connectivity index (χ4n) is 6.75. The van der Waals surface area contributed by atoms with Crippen molar-refractivity contribution in [2.24, 2.45) is 11.8 Å². The molecule has 1 saturated carbocycles. The molecule has 3 aliphatic heterocycles. The SMILES string of the molecule is CO[C@H]1[C@H](C2(C)O[C@@H]2CC=C(C)C)[C@]2(CC[C@H]1NC(=O)NCCOC(=O)[C@@H]1CCCN1C(=O)CCC(=O)C(C)C)CO2. The van der Waals surface area contributed by atoms with Crippen molar-refractivity contribution >= 4 is 23.7 Å². The second-order valence-corrected chi connectivity index (χ2v) is 12.9. The predicted molar refractivity (Wildman–Crippen MR) is 155 cm³/mol. The van der Waals surface area contributed by atoms with Gasteiger partial charge in [0.05, 0.1) is 37.0 Å². The first-order chi connectivity index (χ1) is 19.9. The quantitative estimate of drug-likeness (QED) is 0.144. The Morgan fingerprint density at radius 3 is 2.52 bits per heavy atom. The van der Waals surface area contributed by atoms with Crippen LogP contribution in [0.15, 0.2) is 11.6 Å². The van der Waals surface area contributed by atoms with Crippen LogP contribution in [-0.2, 0) is 33.3 Å². The molecule has 3 heterocycles. The van der Waals surface area contributed by atoms with Gasteiger partial charge in [-0.25, -0.2) is 9.59 Å². The van der Waals surface area contributed by atoms with Gasteiger partial charge in [-0.3, -0.25) is 9.59 Å². The summed E-state index contributed by atoms with van der Waals surface area (Å²) in [6.07, 6.45) is 5.90. The van der Waals surface area contributed by atoms with Gasteiger partial charge in [0.1, 0.15) is 24.0 Å². The average molecular weight is 592 g/mol. The van der Waals surface area contributed by atoms with Crippen LogP contribution in [0, 0.1) is 11.8 Å². The maximum Gasteiger partial charge on any atom is 0.328 e. The van der Waals surface area contributed by atoms with Gasteiger partial charge < -0.3 is 34.5 Å². The fraction of sp³-hybridized carbons (Fsp3) is 0.806. The number of Topliss-reactive ketones (excluding diaryl/α,β-unsaturated/α-hetero) is 1. The minimum absolute atomic E-state index is 0.00742. The number of esters is 1. The van der Waals surface area contributed by atoms with Gasteiger partial charge in [0.2, 0.25) is 5.91 Å². The van der Waals surface area contributed by atoms with Crippen LogP contribution in [-0.4, -0.2) is 97.5 Å². The van der Waals surface area contributed by atoms with Gasteiger partial charge in [-0.05, 0) is 52.9 Å². The van der Waals surface area contributed by atoms with E-state index in [0.29, 0.717) is 26.0 Å². The Balaban J connectivity index is 1.22. The van der Waals surface area contributed by atoms with Crippen molar-refractivity contribution in [3.05, 3.63) is 11.6 Å². The summed E-state index contributed by atoms with van der Waals surface area (Å²) < 4.78 is 23.6. The summed E-state index contributed by atoms with van der Waals surface area (Å²) >= 11 is 0. The molecule has 0 bridgehead atoms. The standard InChI is InChI=1S/C31H49N3O8/c1-19(2)9-11-24-30(5,42-24)27-26(39-6)21(13-14-31(27)18-41-31)33-29(38)32-15-17-40-28(37)22-8-7-16-34(22)25(36)12-10-23(35)20(3)4/h9,20-22,24,26-27H,7-8,10-18H2,1-6H3,(H2,32,33,38)/t21-,22+,24-,26-,27-,30?,31+/m1/s1. The van der Waals surface area contributed by atoms with Gasteiger partial charge in [0.15, 0.2) is 0 Å². The highest BCUT2D eigenvalue weighted by atomic mass is 16.6. The van der Waals surface area contributed by atoms with E-state index in [2.05, 4.69) is 37.5 Å². The molecule has 3 saturated heterocycles. The van der Waals surface area contributed by atoms with E-state index in [1.807, 2.05) is 13.8 Å². The van der Waals surface area contributed by atoms with Crippen LogP contribution in [0.3, 0.4) is 0 Å². The summed E-state index contributed by atoms with van der Waals surface area (Å²) in [6.45, 7) is 11.2. The maximum atomic E-state index is 12.8. The average Bonchev–Trinajstić information content (AvgIpc) is 3.79. The zero-order valence-corrected chi connectivity index (χ0v) is 26.0. The summed E-state index contributed by atoms with van der Waals surface area (Å²) in [5, 5.41) is 5.83. The smallest absolute Gasteiger partial charge is 0.328 e. The van der Waals surface area contributed by atoms with Crippen molar-refractivity contribution in [2.75, 3.05) is 33.4 Å². The van der Waals surface area contributed by atoms with Crippen molar-refractivity contribution in [1.82, 2.24) is 15.5 Å². The van der Waals surface area contributed by atoms with Gasteiger partial charge in [-0.15, -0.1) is 0 Å². The Labute approximate surface area is 249 Å². The first-order valence-electron chi connectivity index (χ1n) is 15.4. The van der Waals surface area contributed by atoms with E-state index < -0.39 is 12.0 Å². The number of epoxide rings is 2. The molecule has 11 heteroatoms. The first-order valence-corrected chi connectivity index (χ1v) is 15.4. The van der Waals surface area contributed by atoms with Crippen LogP contribution >= 0.6 is 0 Å². The number of methoxy groups -OCH3 is 1. The van der Waals surface area contributed by atoms with E-state index >= 15 is 0 Å². The molecular formula is C31H49N3O8. The second kappa shape index (κ2) is 13.4. The summed E-state index contributed by atoms with van der Waals surface area (Å²) in [5.74, 6) is -0.780. The molecule has 0 aromatic heterocycles.